The van der Waals surface area contributed by atoms with Crippen molar-refractivity contribution in [2.75, 3.05) is 13.2 Å². The predicted octanol–water partition coefficient (Wildman–Crippen LogP) is 3.85. The average molecular weight is 320 g/mol. The van der Waals surface area contributed by atoms with E-state index in [0.29, 0.717) is 13.2 Å². The highest BCUT2D eigenvalue weighted by Gasteiger charge is 2.22. The Labute approximate surface area is 141 Å². The predicted molar refractivity (Wildman–Crippen MR) is 94.0 cm³/mol. The number of ketones is 1. The molecule has 4 nitrogen and oxygen atoms in total. The van der Waals surface area contributed by atoms with E-state index < -0.39 is 0 Å². The van der Waals surface area contributed by atoms with Gasteiger partial charge in [-0.2, -0.15) is 0 Å². The minimum absolute atomic E-state index is 0.107. The lowest BCUT2D eigenvalue weighted by Crippen LogP contribution is -2.23. The summed E-state index contributed by atoms with van der Waals surface area (Å²) in [5.74, 6) is 0.349. The molecule has 0 unspecified atom stereocenters. The molecule has 1 saturated heterocycles. The largest absolute Gasteiger partial charge is 0.381 e. The lowest BCUT2D eigenvalue weighted by molar-refractivity contribution is 0.0545. The molecule has 2 aromatic carbocycles. The van der Waals surface area contributed by atoms with Crippen LogP contribution in [0.5, 0.6) is 0 Å². The molecule has 24 heavy (non-hydrogen) atoms. The van der Waals surface area contributed by atoms with Crippen LogP contribution in [0.15, 0.2) is 48.8 Å². The van der Waals surface area contributed by atoms with Gasteiger partial charge in [0.05, 0.1) is 17.4 Å². The Morgan fingerprint density at radius 1 is 1.08 bits per heavy atom. The number of imidazole rings is 1. The van der Waals surface area contributed by atoms with Crippen LogP contribution >= 0.6 is 0 Å². The highest BCUT2D eigenvalue weighted by Crippen LogP contribution is 2.26. The fraction of sp³-hybridized carbons (Fsp3) is 0.300. The topological polar surface area (TPSA) is 44.1 Å². The van der Waals surface area contributed by atoms with E-state index >= 15 is 0 Å². The lowest BCUT2D eigenvalue weighted by atomic mass is 9.90. The van der Waals surface area contributed by atoms with Crippen LogP contribution in [0, 0.1) is 5.92 Å². The van der Waals surface area contributed by atoms with Crippen molar-refractivity contribution >= 4 is 16.8 Å². The Hall–Kier alpha value is -2.46. The molecule has 0 radical (unpaired) electrons. The molecule has 0 atom stereocenters. The number of hydrogen-bond acceptors (Lipinski definition) is 3. The molecule has 1 aliphatic rings. The summed E-state index contributed by atoms with van der Waals surface area (Å²) in [6.45, 7) is 1.39. The maximum atomic E-state index is 12.6. The van der Waals surface area contributed by atoms with E-state index in [1.807, 2.05) is 48.3 Å². The summed E-state index contributed by atoms with van der Waals surface area (Å²) in [4.78, 5) is 16.9. The first-order chi connectivity index (χ1) is 11.7. The highest BCUT2D eigenvalue weighted by molar-refractivity contribution is 5.98. The minimum Gasteiger partial charge on any atom is -0.381 e. The molecule has 1 fully saturated rings. The molecule has 2 heterocycles. The van der Waals surface area contributed by atoms with Crippen LogP contribution in [-0.4, -0.2) is 28.5 Å². The first-order valence-corrected chi connectivity index (χ1v) is 8.36. The summed E-state index contributed by atoms with van der Waals surface area (Å²) in [7, 11) is 1.99. The van der Waals surface area contributed by atoms with Gasteiger partial charge in [-0.15, -0.1) is 0 Å². The molecule has 1 aromatic heterocycles. The number of benzene rings is 2. The minimum atomic E-state index is 0.107. The third-order valence-corrected chi connectivity index (χ3v) is 4.82. The number of carbonyl (C=O) groups is 1. The first kappa shape index (κ1) is 15.1. The van der Waals surface area contributed by atoms with Crippen LogP contribution in [0.2, 0.25) is 0 Å². The van der Waals surface area contributed by atoms with Crippen molar-refractivity contribution in [3.05, 3.63) is 54.4 Å². The fourth-order valence-corrected chi connectivity index (χ4v) is 3.33. The van der Waals surface area contributed by atoms with Crippen molar-refractivity contribution in [2.24, 2.45) is 13.0 Å². The van der Waals surface area contributed by atoms with E-state index in [1.54, 1.807) is 0 Å². The monoisotopic (exact) mass is 320 g/mol. The number of Topliss-reactive ketones (excluding diaryl/α,β-unsaturated/α-hetero) is 1. The normalized spacial score (nSPS) is 15.7. The number of aryl methyl sites for hydroxylation is 1. The number of nitrogens with zero attached hydrogens (tertiary/aromatic N) is 2. The second-order valence-electron chi connectivity index (χ2n) is 6.39. The Morgan fingerprint density at radius 3 is 2.54 bits per heavy atom. The standard InChI is InChI=1S/C20H20N2O2/c1-22-13-21-18-7-6-17(12-19(18)22)14-2-4-15(5-3-14)20(23)16-8-10-24-11-9-16/h2-7,12-13,16H,8-11H2,1H3. The third kappa shape index (κ3) is 2.74. The molecule has 4 heteroatoms. The zero-order valence-corrected chi connectivity index (χ0v) is 13.7. The zero-order valence-electron chi connectivity index (χ0n) is 13.7. The zero-order chi connectivity index (χ0) is 16.5. The first-order valence-electron chi connectivity index (χ1n) is 8.36. The van der Waals surface area contributed by atoms with Gasteiger partial charge in [0.1, 0.15) is 0 Å². The summed E-state index contributed by atoms with van der Waals surface area (Å²) >= 11 is 0. The smallest absolute Gasteiger partial charge is 0.166 e. The fourth-order valence-electron chi connectivity index (χ4n) is 3.33. The van der Waals surface area contributed by atoms with Gasteiger partial charge in [-0.25, -0.2) is 4.98 Å². The van der Waals surface area contributed by atoms with Gasteiger partial charge in [0, 0.05) is 31.7 Å². The Kier molecular flexibility index (Phi) is 3.90. The molecular formula is C20H20N2O2. The molecule has 1 aliphatic heterocycles. The molecule has 122 valence electrons. The maximum absolute atomic E-state index is 12.6. The van der Waals surface area contributed by atoms with E-state index in [0.717, 1.165) is 40.6 Å². The van der Waals surface area contributed by atoms with Gasteiger partial charge in [-0.1, -0.05) is 30.3 Å². The van der Waals surface area contributed by atoms with Gasteiger partial charge < -0.3 is 9.30 Å². The van der Waals surface area contributed by atoms with Crippen LogP contribution in [0.4, 0.5) is 0 Å². The van der Waals surface area contributed by atoms with Crippen molar-refractivity contribution in [2.45, 2.75) is 12.8 Å². The molecule has 0 aliphatic carbocycles. The number of aromatic nitrogens is 2. The maximum Gasteiger partial charge on any atom is 0.166 e. The van der Waals surface area contributed by atoms with E-state index in [1.165, 1.54) is 0 Å². The number of fused-ring (bicyclic) bond motifs is 1. The van der Waals surface area contributed by atoms with E-state index in [9.17, 15) is 4.79 Å². The van der Waals surface area contributed by atoms with Crippen LogP contribution in [-0.2, 0) is 11.8 Å². The molecule has 0 bridgehead atoms. The van der Waals surface area contributed by atoms with Crippen molar-refractivity contribution in [1.29, 1.82) is 0 Å². The molecule has 0 amide bonds. The summed E-state index contributed by atoms with van der Waals surface area (Å²) < 4.78 is 7.36. The second kappa shape index (κ2) is 6.21. The molecule has 0 saturated carbocycles. The van der Waals surface area contributed by atoms with Gasteiger partial charge in [0.15, 0.2) is 5.78 Å². The highest BCUT2D eigenvalue weighted by atomic mass is 16.5. The van der Waals surface area contributed by atoms with Crippen molar-refractivity contribution < 1.29 is 9.53 Å². The van der Waals surface area contributed by atoms with Crippen LogP contribution in [0.1, 0.15) is 23.2 Å². The van der Waals surface area contributed by atoms with Gasteiger partial charge in [0.25, 0.3) is 0 Å². The van der Waals surface area contributed by atoms with Crippen molar-refractivity contribution in [3.8, 4) is 11.1 Å². The van der Waals surface area contributed by atoms with E-state index in [2.05, 4.69) is 17.1 Å². The summed E-state index contributed by atoms with van der Waals surface area (Å²) in [5, 5.41) is 0. The van der Waals surface area contributed by atoms with Gasteiger partial charge in [-0.05, 0) is 36.1 Å². The van der Waals surface area contributed by atoms with Gasteiger partial charge >= 0.3 is 0 Å². The molecule has 0 spiro atoms. The summed E-state index contributed by atoms with van der Waals surface area (Å²) in [6.07, 6.45) is 3.49. The third-order valence-electron chi connectivity index (χ3n) is 4.82. The van der Waals surface area contributed by atoms with Gasteiger partial charge in [-0.3, -0.25) is 4.79 Å². The number of carbonyl (C=O) groups excluding carboxylic acids is 1. The van der Waals surface area contributed by atoms with Gasteiger partial charge in [0.2, 0.25) is 0 Å². The summed E-state index contributed by atoms with van der Waals surface area (Å²) in [6, 6.07) is 14.2. The molecular weight excluding hydrogens is 300 g/mol. The Balaban J connectivity index is 1.60. The second-order valence-corrected chi connectivity index (χ2v) is 6.39. The number of rotatable bonds is 3. The van der Waals surface area contributed by atoms with E-state index in [-0.39, 0.29) is 11.7 Å². The van der Waals surface area contributed by atoms with E-state index in [4.69, 9.17) is 4.74 Å². The van der Waals surface area contributed by atoms with Crippen molar-refractivity contribution in [1.82, 2.24) is 9.55 Å². The van der Waals surface area contributed by atoms with Crippen LogP contribution in [0.3, 0.4) is 0 Å². The molecule has 3 aromatic rings. The quantitative estimate of drug-likeness (QED) is 0.689. The number of ether oxygens (including phenoxy) is 1. The van der Waals surface area contributed by atoms with Crippen molar-refractivity contribution in [3.63, 3.8) is 0 Å². The Bertz CT molecular complexity index is 874. The molecule has 0 N–H and O–H groups in total. The Morgan fingerprint density at radius 2 is 1.79 bits per heavy atom. The molecule has 4 rings (SSSR count). The summed E-state index contributed by atoms with van der Waals surface area (Å²) in [5.41, 5.74) is 5.15. The lowest BCUT2D eigenvalue weighted by Gasteiger charge is -2.20. The van der Waals surface area contributed by atoms with Crippen LogP contribution < -0.4 is 0 Å². The number of hydrogen-bond donors (Lipinski definition) is 0. The van der Waals surface area contributed by atoms with Crippen LogP contribution in [0.25, 0.3) is 22.2 Å². The SMILES string of the molecule is Cn1cnc2ccc(-c3ccc(C(=O)C4CCOCC4)cc3)cc21. The average Bonchev–Trinajstić information content (AvgIpc) is 3.02.